The molecule has 5 heteroatoms. The number of thiazole rings is 1. The summed E-state index contributed by atoms with van der Waals surface area (Å²) in [6.45, 7) is 2.70. The zero-order chi connectivity index (χ0) is 12.3. The SMILES string of the molecule is Cc1ncsc1C(=O)N(CCBr)C1CCCC1. The highest BCUT2D eigenvalue weighted by molar-refractivity contribution is 9.09. The van der Waals surface area contributed by atoms with Gasteiger partial charge in [-0.2, -0.15) is 0 Å². The third-order valence-electron chi connectivity index (χ3n) is 3.29. The average molecular weight is 317 g/mol. The van der Waals surface area contributed by atoms with Gasteiger partial charge in [0.1, 0.15) is 4.88 Å². The number of carbonyl (C=O) groups excluding carboxylic acids is 1. The molecule has 3 nitrogen and oxygen atoms in total. The normalized spacial score (nSPS) is 16.4. The van der Waals surface area contributed by atoms with Crippen molar-refractivity contribution in [3.05, 3.63) is 16.1 Å². The van der Waals surface area contributed by atoms with Crippen LogP contribution in [0.25, 0.3) is 0 Å². The second-order valence-electron chi connectivity index (χ2n) is 4.39. The van der Waals surface area contributed by atoms with Crippen molar-refractivity contribution >= 4 is 33.2 Å². The van der Waals surface area contributed by atoms with Crippen LogP contribution in [0.3, 0.4) is 0 Å². The van der Waals surface area contributed by atoms with Gasteiger partial charge in [0, 0.05) is 17.9 Å². The van der Waals surface area contributed by atoms with E-state index in [1.165, 1.54) is 24.2 Å². The average Bonchev–Trinajstić information content (AvgIpc) is 2.95. The van der Waals surface area contributed by atoms with E-state index < -0.39 is 0 Å². The van der Waals surface area contributed by atoms with Crippen LogP contribution < -0.4 is 0 Å². The molecule has 1 aromatic rings. The third-order valence-corrected chi connectivity index (χ3v) is 4.56. The standard InChI is InChI=1S/C12H17BrN2OS/c1-9-11(17-8-14-9)12(16)15(7-6-13)10-4-2-3-5-10/h8,10H,2-7H2,1H3. The number of alkyl halides is 1. The highest BCUT2D eigenvalue weighted by atomic mass is 79.9. The van der Waals surface area contributed by atoms with Gasteiger partial charge in [0.05, 0.1) is 11.2 Å². The Bertz CT molecular complexity index is 388. The maximum absolute atomic E-state index is 12.5. The minimum Gasteiger partial charge on any atom is -0.334 e. The Morgan fingerprint density at radius 1 is 1.59 bits per heavy atom. The summed E-state index contributed by atoms with van der Waals surface area (Å²) in [5.41, 5.74) is 2.61. The molecule has 0 N–H and O–H groups in total. The van der Waals surface area contributed by atoms with Crippen LogP contribution in [0.4, 0.5) is 0 Å². The molecule has 17 heavy (non-hydrogen) atoms. The number of aryl methyl sites for hydroxylation is 1. The lowest BCUT2D eigenvalue weighted by atomic mass is 10.2. The summed E-state index contributed by atoms with van der Waals surface area (Å²) in [5, 5.41) is 0.840. The van der Waals surface area contributed by atoms with Gasteiger partial charge >= 0.3 is 0 Å². The molecule has 1 aliphatic rings. The number of aromatic nitrogens is 1. The highest BCUT2D eigenvalue weighted by Gasteiger charge is 2.28. The van der Waals surface area contributed by atoms with Crippen LogP contribution in [-0.4, -0.2) is 33.7 Å². The van der Waals surface area contributed by atoms with Gasteiger partial charge in [-0.1, -0.05) is 28.8 Å². The maximum Gasteiger partial charge on any atom is 0.266 e. The van der Waals surface area contributed by atoms with E-state index in [4.69, 9.17) is 0 Å². The number of halogens is 1. The van der Waals surface area contributed by atoms with Crippen LogP contribution in [0.15, 0.2) is 5.51 Å². The number of hydrogen-bond acceptors (Lipinski definition) is 3. The van der Waals surface area contributed by atoms with Gasteiger partial charge in [-0.3, -0.25) is 4.79 Å². The quantitative estimate of drug-likeness (QED) is 0.799. The van der Waals surface area contributed by atoms with E-state index in [-0.39, 0.29) is 5.91 Å². The van der Waals surface area contributed by atoms with Gasteiger partial charge in [-0.05, 0) is 19.8 Å². The van der Waals surface area contributed by atoms with Gasteiger partial charge in [0.15, 0.2) is 0 Å². The molecular formula is C12H17BrN2OS. The van der Waals surface area contributed by atoms with Crippen molar-refractivity contribution in [3.8, 4) is 0 Å². The summed E-state index contributed by atoms with van der Waals surface area (Å²) >= 11 is 4.89. The summed E-state index contributed by atoms with van der Waals surface area (Å²) in [4.78, 5) is 19.5. The van der Waals surface area contributed by atoms with Crippen LogP contribution in [0, 0.1) is 6.92 Å². The lowest BCUT2D eigenvalue weighted by molar-refractivity contribution is 0.0700. The lowest BCUT2D eigenvalue weighted by Gasteiger charge is -2.28. The van der Waals surface area contributed by atoms with Crippen LogP contribution >= 0.6 is 27.3 Å². The molecule has 0 atom stereocenters. The zero-order valence-corrected chi connectivity index (χ0v) is 12.4. The smallest absolute Gasteiger partial charge is 0.266 e. The van der Waals surface area contributed by atoms with E-state index in [0.717, 1.165) is 35.3 Å². The number of hydrogen-bond donors (Lipinski definition) is 0. The molecule has 0 aromatic carbocycles. The van der Waals surface area contributed by atoms with Gasteiger partial charge < -0.3 is 4.90 Å². The topological polar surface area (TPSA) is 33.2 Å². The first-order valence-electron chi connectivity index (χ1n) is 6.01. The molecule has 0 spiro atoms. The molecule has 2 rings (SSSR count). The molecule has 1 heterocycles. The number of carbonyl (C=O) groups is 1. The summed E-state index contributed by atoms with van der Waals surface area (Å²) in [7, 11) is 0. The van der Waals surface area contributed by atoms with Gasteiger partial charge in [-0.15, -0.1) is 11.3 Å². The second kappa shape index (κ2) is 5.96. The lowest BCUT2D eigenvalue weighted by Crippen LogP contribution is -2.40. The monoisotopic (exact) mass is 316 g/mol. The van der Waals surface area contributed by atoms with Crippen molar-refractivity contribution in [1.82, 2.24) is 9.88 Å². The summed E-state index contributed by atoms with van der Waals surface area (Å²) in [6.07, 6.45) is 4.80. The van der Waals surface area contributed by atoms with Crippen molar-refractivity contribution in [2.45, 2.75) is 38.6 Å². The van der Waals surface area contributed by atoms with Crippen molar-refractivity contribution in [2.24, 2.45) is 0 Å². The Labute approximate surface area is 114 Å². The first-order chi connectivity index (χ1) is 8.24. The Morgan fingerprint density at radius 3 is 2.82 bits per heavy atom. The number of nitrogens with zero attached hydrogens (tertiary/aromatic N) is 2. The molecule has 1 amide bonds. The Balaban J connectivity index is 2.15. The first kappa shape index (κ1) is 13.0. The fraction of sp³-hybridized carbons (Fsp3) is 0.667. The molecule has 1 fully saturated rings. The van der Waals surface area contributed by atoms with Gasteiger partial charge in [-0.25, -0.2) is 4.98 Å². The largest absolute Gasteiger partial charge is 0.334 e. The molecule has 0 radical (unpaired) electrons. The van der Waals surface area contributed by atoms with E-state index in [2.05, 4.69) is 20.9 Å². The summed E-state index contributed by atoms with van der Waals surface area (Å²) in [5.74, 6) is 0.163. The van der Waals surface area contributed by atoms with Crippen LogP contribution in [0.5, 0.6) is 0 Å². The molecule has 1 aromatic heterocycles. The fourth-order valence-corrected chi connectivity index (χ4v) is 3.53. The molecule has 94 valence electrons. The van der Waals surface area contributed by atoms with E-state index in [0.29, 0.717) is 6.04 Å². The maximum atomic E-state index is 12.5. The Morgan fingerprint density at radius 2 is 2.29 bits per heavy atom. The first-order valence-corrected chi connectivity index (χ1v) is 8.01. The van der Waals surface area contributed by atoms with Crippen molar-refractivity contribution < 1.29 is 4.79 Å². The van der Waals surface area contributed by atoms with Crippen LogP contribution in [-0.2, 0) is 0 Å². The molecule has 1 saturated carbocycles. The predicted octanol–water partition coefficient (Wildman–Crippen LogP) is 3.23. The minimum absolute atomic E-state index is 0.163. The van der Waals surface area contributed by atoms with Crippen molar-refractivity contribution in [1.29, 1.82) is 0 Å². The third kappa shape index (κ3) is 2.88. The fourth-order valence-electron chi connectivity index (χ4n) is 2.39. The van der Waals surface area contributed by atoms with Crippen molar-refractivity contribution in [2.75, 3.05) is 11.9 Å². The number of amides is 1. The molecule has 1 aliphatic carbocycles. The minimum atomic E-state index is 0.163. The summed E-state index contributed by atoms with van der Waals surface area (Å²) in [6, 6.07) is 0.432. The van der Waals surface area contributed by atoms with Gasteiger partial charge in [0.2, 0.25) is 0 Å². The summed E-state index contributed by atoms with van der Waals surface area (Å²) < 4.78 is 0. The van der Waals surface area contributed by atoms with E-state index >= 15 is 0 Å². The Hall–Kier alpha value is -0.420. The zero-order valence-electron chi connectivity index (χ0n) is 9.99. The van der Waals surface area contributed by atoms with Crippen LogP contribution in [0.1, 0.15) is 41.0 Å². The van der Waals surface area contributed by atoms with Crippen molar-refractivity contribution in [3.63, 3.8) is 0 Å². The van der Waals surface area contributed by atoms with E-state index in [9.17, 15) is 4.79 Å². The number of rotatable bonds is 4. The molecule has 0 saturated heterocycles. The van der Waals surface area contributed by atoms with E-state index in [1.54, 1.807) is 5.51 Å². The van der Waals surface area contributed by atoms with E-state index in [1.807, 2.05) is 11.8 Å². The molecular weight excluding hydrogens is 300 g/mol. The van der Waals surface area contributed by atoms with Gasteiger partial charge in [0.25, 0.3) is 5.91 Å². The predicted molar refractivity (Wildman–Crippen MR) is 73.9 cm³/mol. The Kier molecular flexibility index (Phi) is 4.56. The molecule has 0 aliphatic heterocycles. The molecule has 0 unspecified atom stereocenters. The van der Waals surface area contributed by atoms with Crippen LogP contribution in [0.2, 0.25) is 0 Å². The molecule has 0 bridgehead atoms. The highest BCUT2D eigenvalue weighted by Crippen LogP contribution is 2.26. The second-order valence-corrected chi connectivity index (χ2v) is 6.04.